The van der Waals surface area contributed by atoms with Gasteiger partial charge >= 0.3 is 0 Å². The maximum Gasteiger partial charge on any atom is 0.0951 e. The summed E-state index contributed by atoms with van der Waals surface area (Å²) in [5.74, 6) is 0. The van der Waals surface area contributed by atoms with Gasteiger partial charge in [-0.1, -0.05) is 0 Å². The van der Waals surface area contributed by atoms with E-state index in [9.17, 15) is 0 Å². The molecular weight excluding hydrogens is 152 g/mol. The zero-order valence-electron chi connectivity index (χ0n) is 8.12. The summed E-state index contributed by atoms with van der Waals surface area (Å²) in [4.78, 5) is 2.08. The van der Waals surface area contributed by atoms with Crippen LogP contribution in [0.5, 0.6) is 0 Å². The molecule has 3 heteroatoms. The molecule has 0 aromatic rings. The Labute approximate surface area is 74.6 Å². The molecule has 0 heterocycles. The fourth-order valence-electron chi connectivity index (χ4n) is 1.23. The van der Waals surface area contributed by atoms with Crippen molar-refractivity contribution in [2.75, 3.05) is 13.2 Å². The molecule has 0 rings (SSSR count). The molecule has 0 fully saturated rings. The van der Waals surface area contributed by atoms with Gasteiger partial charge in [-0.15, -0.1) is 0 Å². The van der Waals surface area contributed by atoms with Crippen molar-refractivity contribution in [3.05, 3.63) is 0 Å². The van der Waals surface area contributed by atoms with Gasteiger partial charge in [0.2, 0.25) is 0 Å². The number of aliphatic hydroxyl groups excluding tert-OH is 1. The van der Waals surface area contributed by atoms with Gasteiger partial charge in [-0.25, -0.2) is 0 Å². The number of hydrogen-bond acceptors (Lipinski definition) is 3. The lowest BCUT2D eigenvalue weighted by molar-refractivity contribution is 0.172. The van der Waals surface area contributed by atoms with E-state index in [4.69, 9.17) is 10.4 Å². The Morgan fingerprint density at radius 2 is 2.00 bits per heavy atom. The Kier molecular flexibility index (Phi) is 5.69. The van der Waals surface area contributed by atoms with Crippen LogP contribution in [-0.2, 0) is 0 Å². The minimum atomic E-state index is -0.0588. The summed E-state index contributed by atoms with van der Waals surface area (Å²) < 4.78 is 0. The van der Waals surface area contributed by atoms with Crippen LogP contribution >= 0.6 is 0 Å². The Hall–Kier alpha value is -0.590. The Balaban J connectivity index is 3.97. The molecule has 0 aliphatic rings. The van der Waals surface area contributed by atoms with Gasteiger partial charge < -0.3 is 5.11 Å². The van der Waals surface area contributed by atoms with Crippen molar-refractivity contribution >= 4 is 0 Å². The van der Waals surface area contributed by atoms with Crippen molar-refractivity contribution in [2.45, 2.75) is 39.3 Å². The molecule has 0 saturated carbocycles. The summed E-state index contributed by atoms with van der Waals surface area (Å²) in [5, 5.41) is 17.3. The molecule has 3 nitrogen and oxygen atoms in total. The number of aliphatic hydroxyl groups is 1. The summed E-state index contributed by atoms with van der Waals surface area (Å²) in [5.41, 5.74) is 0. The Bertz CT molecular complexity index is 151. The van der Waals surface area contributed by atoms with Crippen LogP contribution < -0.4 is 0 Å². The second kappa shape index (κ2) is 5.99. The van der Waals surface area contributed by atoms with Gasteiger partial charge in [-0.05, 0) is 27.2 Å². The van der Waals surface area contributed by atoms with Crippen LogP contribution in [-0.4, -0.2) is 35.2 Å². The third-order valence-corrected chi connectivity index (χ3v) is 1.92. The normalized spacial score (nSPS) is 13.4. The summed E-state index contributed by atoms with van der Waals surface area (Å²) in [6.45, 7) is 7.00. The zero-order valence-corrected chi connectivity index (χ0v) is 8.12. The largest absolute Gasteiger partial charge is 0.396 e. The van der Waals surface area contributed by atoms with Gasteiger partial charge in [-0.3, -0.25) is 4.90 Å². The summed E-state index contributed by atoms with van der Waals surface area (Å²) in [6.07, 6.45) is 0.740. The molecule has 70 valence electrons. The summed E-state index contributed by atoms with van der Waals surface area (Å²) in [6, 6.07) is 2.51. The summed E-state index contributed by atoms with van der Waals surface area (Å²) in [7, 11) is 0. The van der Waals surface area contributed by atoms with Crippen molar-refractivity contribution in [2.24, 2.45) is 0 Å². The molecule has 1 N–H and O–H groups in total. The first-order chi connectivity index (χ1) is 5.63. The second-order valence-electron chi connectivity index (χ2n) is 3.21. The van der Waals surface area contributed by atoms with Crippen LogP contribution in [0.15, 0.2) is 0 Å². The monoisotopic (exact) mass is 170 g/mol. The lowest BCUT2D eigenvalue weighted by atomic mass is 10.2. The van der Waals surface area contributed by atoms with Crippen LogP contribution in [0.1, 0.15) is 27.2 Å². The quantitative estimate of drug-likeness (QED) is 0.669. The summed E-state index contributed by atoms with van der Waals surface area (Å²) >= 11 is 0. The first-order valence-corrected chi connectivity index (χ1v) is 4.39. The highest BCUT2D eigenvalue weighted by Gasteiger charge is 2.15. The third-order valence-electron chi connectivity index (χ3n) is 1.92. The predicted octanol–water partition coefficient (Wildman–Crippen LogP) is 0.991. The minimum absolute atomic E-state index is 0.0588. The molecular formula is C9H18N2O. The van der Waals surface area contributed by atoms with E-state index in [0.717, 1.165) is 13.0 Å². The van der Waals surface area contributed by atoms with E-state index < -0.39 is 0 Å². The molecule has 0 saturated heterocycles. The van der Waals surface area contributed by atoms with Crippen molar-refractivity contribution in [3.63, 3.8) is 0 Å². The Morgan fingerprint density at radius 3 is 2.33 bits per heavy atom. The van der Waals surface area contributed by atoms with Crippen LogP contribution in [0.25, 0.3) is 0 Å². The van der Waals surface area contributed by atoms with Gasteiger partial charge in [0.1, 0.15) is 0 Å². The highest BCUT2D eigenvalue weighted by atomic mass is 16.3. The molecule has 12 heavy (non-hydrogen) atoms. The number of hydrogen-bond donors (Lipinski definition) is 1. The van der Waals surface area contributed by atoms with Gasteiger partial charge in [0.25, 0.3) is 0 Å². The van der Waals surface area contributed by atoms with Gasteiger partial charge in [-0.2, -0.15) is 5.26 Å². The van der Waals surface area contributed by atoms with E-state index >= 15 is 0 Å². The van der Waals surface area contributed by atoms with E-state index in [0.29, 0.717) is 6.04 Å². The molecule has 0 spiro atoms. The minimum Gasteiger partial charge on any atom is -0.396 e. The maximum atomic E-state index is 8.70. The molecule has 0 amide bonds. The third kappa shape index (κ3) is 3.70. The fourth-order valence-corrected chi connectivity index (χ4v) is 1.23. The number of nitriles is 1. The molecule has 0 aromatic carbocycles. The average molecular weight is 170 g/mol. The average Bonchev–Trinajstić information content (AvgIpc) is 2.04. The van der Waals surface area contributed by atoms with Crippen LogP contribution in [0.3, 0.4) is 0 Å². The molecule has 1 unspecified atom stereocenters. The molecule has 0 bridgehead atoms. The van der Waals surface area contributed by atoms with Crippen molar-refractivity contribution < 1.29 is 5.11 Å². The van der Waals surface area contributed by atoms with Gasteiger partial charge in [0, 0.05) is 19.2 Å². The van der Waals surface area contributed by atoms with E-state index in [1.54, 1.807) is 0 Å². The van der Waals surface area contributed by atoms with Crippen LogP contribution in [0, 0.1) is 11.3 Å². The van der Waals surface area contributed by atoms with E-state index in [2.05, 4.69) is 24.8 Å². The second-order valence-corrected chi connectivity index (χ2v) is 3.21. The van der Waals surface area contributed by atoms with Crippen molar-refractivity contribution in [1.82, 2.24) is 4.90 Å². The number of nitrogens with zero attached hydrogens (tertiary/aromatic N) is 2. The van der Waals surface area contributed by atoms with E-state index in [-0.39, 0.29) is 12.6 Å². The number of rotatable bonds is 5. The SMILES string of the molecule is CC(C)N(CCCO)C(C)C#N. The molecule has 1 atom stereocenters. The maximum absolute atomic E-state index is 8.70. The van der Waals surface area contributed by atoms with Crippen LogP contribution in [0.2, 0.25) is 0 Å². The first-order valence-electron chi connectivity index (χ1n) is 4.39. The predicted molar refractivity (Wildman–Crippen MR) is 48.6 cm³/mol. The van der Waals surface area contributed by atoms with E-state index in [1.165, 1.54) is 0 Å². The standard InChI is InChI=1S/C9H18N2O/c1-8(2)11(5-4-6-12)9(3)7-10/h8-9,12H,4-6H2,1-3H3. The lowest BCUT2D eigenvalue weighted by Crippen LogP contribution is -2.38. The molecule has 0 aliphatic heterocycles. The van der Waals surface area contributed by atoms with Gasteiger partial charge in [0.15, 0.2) is 0 Å². The first kappa shape index (κ1) is 11.4. The van der Waals surface area contributed by atoms with Gasteiger partial charge in [0.05, 0.1) is 12.1 Å². The smallest absolute Gasteiger partial charge is 0.0951 e. The molecule has 0 radical (unpaired) electrons. The molecule has 0 aliphatic carbocycles. The van der Waals surface area contributed by atoms with Crippen LogP contribution in [0.4, 0.5) is 0 Å². The fraction of sp³-hybridized carbons (Fsp3) is 0.889. The van der Waals surface area contributed by atoms with Crippen molar-refractivity contribution in [1.29, 1.82) is 5.26 Å². The Morgan fingerprint density at radius 1 is 1.42 bits per heavy atom. The topological polar surface area (TPSA) is 47.3 Å². The van der Waals surface area contributed by atoms with E-state index in [1.807, 2.05) is 6.92 Å². The molecule has 0 aromatic heterocycles. The highest BCUT2D eigenvalue weighted by molar-refractivity contribution is 4.89. The lowest BCUT2D eigenvalue weighted by Gasteiger charge is -2.28. The van der Waals surface area contributed by atoms with Crippen molar-refractivity contribution in [3.8, 4) is 6.07 Å². The highest BCUT2D eigenvalue weighted by Crippen LogP contribution is 2.04. The zero-order chi connectivity index (χ0) is 9.56.